The van der Waals surface area contributed by atoms with E-state index in [-0.39, 0.29) is 37.7 Å². The summed E-state index contributed by atoms with van der Waals surface area (Å²) in [6, 6.07) is 21.9. The van der Waals surface area contributed by atoms with Crippen molar-refractivity contribution in [1.82, 2.24) is 0 Å². The largest absolute Gasteiger partial charge is 1.00 e. The van der Waals surface area contributed by atoms with Crippen molar-refractivity contribution in [2.45, 2.75) is 0 Å². The van der Waals surface area contributed by atoms with Crippen molar-refractivity contribution in [1.29, 1.82) is 0 Å². The van der Waals surface area contributed by atoms with Gasteiger partial charge in [0.25, 0.3) is 0 Å². The van der Waals surface area contributed by atoms with E-state index in [0.717, 1.165) is 0 Å². The van der Waals surface area contributed by atoms with Crippen LogP contribution in [0, 0.1) is 12.1 Å². The zero-order valence-electron chi connectivity index (χ0n) is 8.62. The van der Waals surface area contributed by atoms with Crippen LogP contribution in [0.15, 0.2) is 48.5 Å². The molecule has 0 atom stereocenters. The first kappa shape index (κ1) is 13.6. The fourth-order valence-electron chi connectivity index (χ4n) is 1.16. The Morgan fingerprint density at radius 2 is 0.857 bits per heavy atom. The second-order valence-corrected chi connectivity index (χ2v) is 2.58. The molecule has 2 rings (SSSR count). The van der Waals surface area contributed by atoms with E-state index in [0.29, 0.717) is 0 Å². The molecule has 0 aliphatic heterocycles. The van der Waals surface area contributed by atoms with E-state index in [2.05, 4.69) is 36.4 Å². The van der Waals surface area contributed by atoms with E-state index >= 15 is 0 Å². The Hall–Kier alpha value is -0.365. The van der Waals surface area contributed by atoms with Crippen LogP contribution in [0.2, 0.25) is 0 Å². The molecule has 0 amide bonds. The quantitative estimate of drug-likeness (QED) is 0.312. The summed E-state index contributed by atoms with van der Waals surface area (Å²) in [5.41, 5.74) is 2.45. The molecule has 2 aromatic carbocycles. The SMILES string of the molecule is [Li+].[Li+].[c-]1ccc(-c2cc[c-]cc2)cc1. The summed E-state index contributed by atoms with van der Waals surface area (Å²) in [4.78, 5) is 0. The van der Waals surface area contributed by atoms with Gasteiger partial charge in [-0.15, -0.1) is 0 Å². The van der Waals surface area contributed by atoms with Crippen LogP contribution in [0.5, 0.6) is 0 Å². The van der Waals surface area contributed by atoms with Gasteiger partial charge in [0.2, 0.25) is 0 Å². The normalized spacial score (nSPS) is 8.29. The molecule has 58 valence electrons. The molecule has 0 saturated carbocycles. The summed E-state index contributed by atoms with van der Waals surface area (Å²) in [7, 11) is 0. The van der Waals surface area contributed by atoms with Gasteiger partial charge in [-0.25, -0.2) is 0 Å². The zero-order chi connectivity index (χ0) is 8.23. The number of hydrogen-bond donors (Lipinski definition) is 0. The smallest absolute Gasteiger partial charge is 0.184 e. The van der Waals surface area contributed by atoms with Crippen molar-refractivity contribution in [3.8, 4) is 11.1 Å². The van der Waals surface area contributed by atoms with Gasteiger partial charge in [0.15, 0.2) is 0 Å². The summed E-state index contributed by atoms with van der Waals surface area (Å²) in [6.45, 7) is 0. The van der Waals surface area contributed by atoms with Crippen LogP contribution < -0.4 is 37.7 Å². The van der Waals surface area contributed by atoms with Crippen molar-refractivity contribution in [3.63, 3.8) is 0 Å². The molecule has 0 spiro atoms. The topological polar surface area (TPSA) is 0 Å². The molecule has 0 bridgehead atoms. The first-order valence-corrected chi connectivity index (χ1v) is 3.89. The van der Waals surface area contributed by atoms with Crippen LogP contribution in [0.1, 0.15) is 0 Å². The van der Waals surface area contributed by atoms with Gasteiger partial charge in [-0.3, -0.25) is 0 Å². The second-order valence-electron chi connectivity index (χ2n) is 2.58. The Balaban J connectivity index is 0.000000845. The van der Waals surface area contributed by atoms with E-state index in [4.69, 9.17) is 0 Å². The molecule has 2 aromatic rings. The van der Waals surface area contributed by atoms with Gasteiger partial charge < -0.3 is 0 Å². The standard InChI is InChI=1S/C12H8.2Li/c1-3-7-11(8-4-1)12-9-5-2-6-10-12;;/h3-10H;;/q-2;2*+1. The van der Waals surface area contributed by atoms with Crippen molar-refractivity contribution in [2.75, 3.05) is 0 Å². The van der Waals surface area contributed by atoms with Gasteiger partial charge in [-0.1, -0.05) is 0 Å². The monoisotopic (exact) mass is 166 g/mol. The van der Waals surface area contributed by atoms with Crippen molar-refractivity contribution in [2.24, 2.45) is 0 Å². The fraction of sp³-hybridized carbons (Fsp3) is 0. The molecule has 0 aliphatic rings. The molecule has 14 heavy (non-hydrogen) atoms. The first-order chi connectivity index (χ1) is 5.97. The van der Waals surface area contributed by atoms with Crippen molar-refractivity contribution in [3.05, 3.63) is 60.7 Å². The minimum absolute atomic E-state index is 0. The molecule has 0 aliphatic carbocycles. The predicted molar refractivity (Wildman–Crippen MR) is 49.6 cm³/mol. The summed E-state index contributed by atoms with van der Waals surface area (Å²) >= 11 is 0. The zero-order valence-corrected chi connectivity index (χ0v) is 8.62. The van der Waals surface area contributed by atoms with E-state index in [1.54, 1.807) is 0 Å². The molecule has 0 aromatic heterocycles. The van der Waals surface area contributed by atoms with Crippen molar-refractivity contribution >= 4 is 0 Å². The van der Waals surface area contributed by atoms with Crippen molar-refractivity contribution < 1.29 is 37.7 Å². The third-order valence-corrected chi connectivity index (χ3v) is 1.77. The average Bonchev–Trinajstić information content (AvgIpc) is 2.21. The maximum Gasteiger partial charge on any atom is 1.00 e. The summed E-state index contributed by atoms with van der Waals surface area (Å²) in [6.07, 6.45) is 0. The van der Waals surface area contributed by atoms with E-state index in [9.17, 15) is 0 Å². The Morgan fingerprint density at radius 1 is 0.571 bits per heavy atom. The third-order valence-electron chi connectivity index (χ3n) is 1.77. The maximum atomic E-state index is 2.99. The molecule has 0 heterocycles. The molecule has 0 nitrogen and oxygen atoms in total. The van der Waals surface area contributed by atoms with E-state index in [1.807, 2.05) is 24.3 Å². The van der Waals surface area contributed by atoms with Gasteiger partial charge in [0.1, 0.15) is 0 Å². The molecule has 0 N–H and O–H groups in total. The first-order valence-electron chi connectivity index (χ1n) is 3.89. The molecule has 0 fully saturated rings. The van der Waals surface area contributed by atoms with Gasteiger partial charge in [-0.2, -0.15) is 71.8 Å². The fourth-order valence-corrected chi connectivity index (χ4v) is 1.16. The van der Waals surface area contributed by atoms with E-state index < -0.39 is 0 Å². The van der Waals surface area contributed by atoms with Gasteiger partial charge in [0.05, 0.1) is 0 Å². The van der Waals surface area contributed by atoms with Crippen LogP contribution in [0.3, 0.4) is 0 Å². The predicted octanol–water partition coefficient (Wildman–Crippen LogP) is -3.04. The van der Waals surface area contributed by atoms with Crippen LogP contribution in [0.4, 0.5) is 0 Å². The molecular formula is C12H8Li2. The molecule has 0 saturated heterocycles. The van der Waals surface area contributed by atoms with Gasteiger partial charge in [-0.05, 0) is 0 Å². The van der Waals surface area contributed by atoms with Crippen LogP contribution in [0.25, 0.3) is 11.1 Å². The molecule has 0 radical (unpaired) electrons. The number of rotatable bonds is 1. The molecular weight excluding hydrogens is 158 g/mol. The number of hydrogen-bond acceptors (Lipinski definition) is 0. The number of benzene rings is 2. The summed E-state index contributed by atoms with van der Waals surface area (Å²) < 4.78 is 0. The van der Waals surface area contributed by atoms with Gasteiger partial charge in [0, 0.05) is 0 Å². The second kappa shape index (κ2) is 7.00. The molecule has 0 unspecified atom stereocenters. The summed E-state index contributed by atoms with van der Waals surface area (Å²) in [5, 5.41) is 0. The Morgan fingerprint density at radius 3 is 1.14 bits per heavy atom. The van der Waals surface area contributed by atoms with Crippen LogP contribution in [-0.4, -0.2) is 0 Å². The minimum Gasteiger partial charge on any atom is -0.184 e. The Bertz CT molecular complexity index is 306. The Kier molecular flexibility index (Phi) is 6.81. The van der Waals surface area contributed by atoms with Gasteiger partial charge >= 0.3 is 37.7 Å². The average molecular weight is 166 g/mol. The Labute approximate surface area is 109 Å². The minimum atomic E-state index is 0. The third kappa shape index (κ3) is 3.41. The van der Waals surface area contributed by atoms with Crippen LogP contribution in [-0.2, 0) is 0 Å². The van der Waals surface area contributed by atoms with E-state index in [1.165, 1.54) is 11.1 Å². The maximum absolute atomic E-state index is 2.99. The summed E-state index contributed by atoms with van der Waals surface area (Å²) in [5.74, 6) is 0. The molecule has 2 heteroatoms. The van der Waals surface area contributed by atoms with Crippen LogP contribution >= 0.6 is 0 Å².